The average Bonchev–Trinajstić information content (AvgIpc) is 3.11. The lowest BCUT2D eigenvalue weighted by molar-refractivity contribution is 0.124. The van der Waals surface area contributed by atoms with Crippen LogP contribution < -0.4 is 14.2 Å². The van der Waals surface area contributed by atoms with E-state index in [-0.39, 0.29) is 37.4 Å². The first-order valence-corrected chi connectivity index (χ1v) is 12.0. The van der Waals surface area contributed by atoms with E-state index >= 15 is 0 Å². The summed E-state index contributed by atoms with van der Waals surface area (Å²) >= 11 is 0. The van der Waals surface area contributed by atoms with Crippen molar-refractivity contribution in [2.45, 2.75) is 26.3 Å². The fourth-order valence-electron chi connectivity index (χ4n) is 3.41. The van der Waals surface area contributed by atoms with Gasteiger partial charge in [0, 0.05) is 32.1 Å². The Morgan fingerprint density at radius 1 is 1.24 bits per heavy atom. The van der Waals surface area contributed by atoms with Crippen molar-refractivity contribution in [3.63, 3.8) is 0 Å². The van der Waals surface area contributed by atoms with Crippen LogP contribution in [0.15, 0.2) is 24.7 Å². The first kappa shape index (κ1) is 22.9. The summed E-state index contributed by atoms with van der Waals surface area (Å²) in [5.41, 5.74) is 1.50. The van der Waals surface area contributed by atoms with Crippen LogP contribution in [0.2, 0.25) is 0 Å². The Morgan fingerprint density at radius 3 is 2.76 bits per heavy atom. The fourth-order valence-corrected chi connectivity index (χ4v) is 4.38. The maximum absolute atomic E-state index is 12.8. The van der Waals surface area contributed by atoms with E-state index in [9.17, 15) is 8.42 Å². The smallest absolute Gasteiger partial charge is 0.257 e. The van der Waals surface area contributed by atoms with Crippen molar-refractivity contribution in [3.05, 3.63) is 36.0 Å². The molecule has 0 bridgehead atoms. The molecule has 4 heterocycles. The van der Waals surface area contributed by atoms with E-state index < -0.39 is 10.0 Å². The second kappa shape index (κ2) is 9.67. The third kappa shape index (κ3) is 5.03. The zero-order chi connectivity index (χ0) is 23.4. The lowest BCUT2D eigenvalue weighted by Gasteiger charge is -2.19. The molecule has 33 heavy (non-hydrogen) atoms. The van der Waals surface area contributed by atoms with Crippen molar-refractivity contribution in [1.29, 1.82) is 0 Å². The van der Waals surface area contributed by atoms with E-state index in [1.165, 1.54) is 0 Å². The van der Waals surface area contributed by atoms with Crippen LogP contribution in [0.4, 0.5) is 5.95 Å². The molecule has 0 amide bonds. The van der Waals surface area contributed by atoms with Crippen molar-refractivity contribution in [2.75, 3.05) is 37.4 Å². The number of anilines is 1. The number of aryl methyl sites for hydroxylation is 2. The number of nitrogens with zero attached hydrogens (tertiary/aromatic N) is 6. The molecule has 3 aromatic rings. The minimum atomic E-state index is -3.76. The molecule has 1 atom stereocenters. The van der Waals surface area contributed by atoms with Gasteiger partial charge in [0.25, 0.3) is 5.88 Å². The molecule has 0 aromatic carbocycles. The molecule has 0 spiro atoms. The molecular weight excluding hydrogens is 450 g/mol. The fraction of sp³-hybridized carbons (Fsp3) is 0.450. The molecule has 4 rings (SSSR count). The standard InChI is InChI=1S/C20H25N7O5S/c1-4-31-19-17-15(5-7-21-19)18-24-25-20(27(18)14(11-30-3)12-32-17)26-33(28,29)8-6-16-22-9-13(2)10-23-16/h5,7,9-10,14H,4,6,8,11-12H2,1-3H3,(H,25,26)/t14-/m0/s1. The maximum atomic E-state index is 12.8. The Balaban J connectivity index is 1.64. The molecule has 12 nitrogen and oxygen atoms in total. The summed E-state index contributed by atoms with van der Waals surface area (Å²) in [6.07, 6.45) is 5.04. The summed E-state index contributed by atoms with van der Waals surface area (Å²) < 4.78 is 46.8. The molecule has 3 aromatic heterocycles. The summed E-state index contributed by atoms with van der Waals surface area (Å²) in [6, 6.07) is 1.33. The second-order valence-corrected chi connectivity index (χ2v) is 9.25. The Kier molecular flexibility index (Phi) is 6.70. The van der Waals surface area contributed by atoms with Crippen molar-refractivity contribution in [3.8, 4) is 23.0 Å². The summed E-state index contributed by atoms with van der Waals surface area (Å²) in [4.78, 5) is 12.5. The number of hydrogen-bond donors (Lipinski definition) is 1. The van der Waals surface area contributed by atoms with E-state index in [1.807, 2.05) is 13.8 Å². The van der Waals surface area contributed by atoms with Gasteiger partial charge in [0.05, 0.1) is 30.6 Å². The highest BCUT2D eigenvalue weighted by molar-refractivity contribution is 7.92. The molecule has 1 aliphatic rings. The Labute approximate surface area is 191 Å². The molecule has 13 heteroatoms. The normalized spacial score (nSPS) is 15.2. The van der Waals surface area contributed by atoms with Crippen LogP contribution in [0.1, 0.15) is 24.4 Å². The van der Waals surface area contributed by atoms with Crippen LogP contribution in [0.25, 0.3) is 11.4 Å². The molecule has 0 unspecified atom stereocenters. The van der Waals surface area contributed by atoms with Gasteiger partial charge in [-0.25, -0.2) is 23.4 Å². The SMILES string of the molecule is CCOc1nccc2c1OC[C@H](COC)n1c(NS(=O)(=O)CCc3ncc(C)cn3)nnc1-2. The molecular formula is C20H25N7O5S. The van der Waals surface area contributed by atoms with Crippen molar-refractivity contribution in [2.24, 2.45) is 0 Å². The van der Waals surface area contributed by atoms with Gasteiger partial charge >= 0.3 is 0 Å². The van der Waals surface area contributed by atoms with Crippen molar-refractivity contribution >= 4 is 16.0 Å². The maximum Gasteiger partial charge on any atom is 0.257 e. The van der Waals surface area contributed by atoms with Crippen molar-refractivity contribution in [1.82, 2.24) is 29.7 Å². The van der Waals surface area contributed by atoms with E-state index in [1.54, 1.807) is 36.3 Å². The predicted molar refractivity (Wildman–Crippen MR) is 119 cm³/mol. The number of sulfonamides is 1. The lowest BCUT2D eigenvalue weighted by atomic mass is 10.2. The summed E-state index contributed by atoms with van der Waals surface area (Å²) in [7, 11) is -2.21. The van der Waals surface area contributed by atoms with E-state index in [2.05, 4.69) is 29.9 Å². The molecule has 1 aliphatic heterocycles. The third-order valence-electron chi connectivity index (χ3n) is 4.91. The third-order valence-corrected chi connectivity index (χ3v) is 6.14. The van der Waals surface area contributed by atoms with Gasteiger partial charge in [-0.15, -0.1) is 10.2 Å². The van der Waals surface area contributed by atoms with Crippen LogP contribution in [0.5, 0.6) is 11.6 Å². The highest BCUT2D eigenvalue weighted by atomic mass is 32.2. The minimum Gasteiger partial charge on any atom is -0.485 e. The van der Waals surface area contributed by atoms with Crippen LogP contribution in [0, 0.1) is 6.92 Å². The molecule has 0 saturated heterocycles. The zero-order valence-electron chi connectivity index (χ0n) is 18.6. The van der Waals surface area contributed by atoms with E-state index in [4.69, 9.17) is 14.2 Å². The lowest BCUT2D eigenvalue weighted by Crippen LogP contribution is -2.26. The molecule has 176 valence electrons. The van der Waals surface area contributed by atoms with Gasteiger partial charge in [-0.3, -0.25) is 9.29 Å². The van der Waals surface area contributed by atoms with Gasteiger partial charge in [-0.1, -0.05) is 0 Å². The molecule has 0 saturated carbocycles. The number of rotatable bonds is 9. The molecule has 1 N–H and O–H groups in total. The Morgan fingerprint density at radius 2 is 2.03 bits per heavy atom. The van der Waals surface area contributed by atoms with Crippen molar-refractivity contribution < 1.29 is 22.6 Å². The minimum absolute atomic E-state index is 0.0723. The number of ether oxygens (including phenoxy) is 3. The second-order valence-electron chi connectivity index (χ2n) is 7.41. The number of nitrogens with one attached hydrogen (secondary N) is 1. The molecule has 0 radical (unpaired) electrons. The number of pyridine rings is 1. The predicted octanol–water partition coefficient (Wildman–Crippen LogP) is 1.40. The Bertz CT molecular complexity index is 1210. The van der Waals surface area contributed by atoms with Gasteiger partial charge in [0.1, 0.15) is 12.4 Å². The number of methoxy groups -OCH3 is 1. The summed E-state index contributed by atoms with van der Waals surface area (Å²) in [6.45, 7) is 4.57. The largest absolute Gasteiger partial charge is 0.485 e. The first-order chi connectivity index (χ1) is 15.9. The van der Waals surface area contributed by atoms with Crippen LogP contribution in [-0.4, -0.2) is 70.8 Å². The highest BCUT2D eigenvalue weighted by Gasteiger charge is 2.31. The summed E-state index contributed by atoms with van der Waals surface area (Å²) in [5, 5.41) is 8.36. The molecule has 0 fully saturated rings. The topological polar surface area (TPSA) is 143 Å². The van der Waals surface area contributed by atoms with Gasteiger partial charge < -0.3 is 14.2 Å². The Hall–Kier alpha value is -3.32. The average molecular weight is 476 g/mol. The highest BCUT2D eigenvalue weighted by Crippen LogP contribution is 2.40. The van der Waals surface area contributed by atoms with Crippen LogP contribution in [0.3, 0.4) is 0 Å². The summed E-state index contributed by atoms with van der Waals surface area (Å²) in [5.74, 6) is 1.50. The zero-order valence-corrected chi connectivity index (χ0v) is 19.4. The van der Waals surface area contributed by atoms with Crippen LogP contribution >= 0.6 is 0 Å². The quantitative estimate of drug-likeness (QED) is 0.482. The van der Waals surface area contributed by atoms with Gasteiger partial charge in [-0.05, 0) is 25.5 Å². The number of hydrogen-bond acceptors (Lipinski definition) is 10. The van der Waals surface area contributed by atoms with Crippen LogP contribution in [-0.2, 0) is 21.2 Å². The van der Waals surface area contributed by atoms with E-state index in [0.717, 1.165) is 5.56 Å². The monoisotopic (exact) mass is 475 g/mol. The molecule has 0 aliphatic carbocycles. The number of fused-ring (bicyclic) bond motifs is 3. The first-order valence-electron chi connectivity index (χ1n) is 10.4. The number of aromatic nitrogens is 6. The van der Waals surface area contributed by atoms with Gasteiger partial charge in [-0.2, -0.15) is 0 Å². The van der Waals surface area contributed by atoms with Gasteiger partial charge in [0.2, 0.25) is 16.0 Å². The van der Waals surface area contributed by atoms with Gasteiger partial charge in [0.15, 0.2) is 11.6 Å². The van der Waals surface area contributed by atoms with E-state index in [0.29, 0.717) is 35.4 Å².